The zero-order chi connectivity index (χ0) is 28.3. The highest BCUT2D eigenvalue weighted by molar-refractivity contribution is 5.91. The molecule has 204 valence electrons. The summed E-state index contributed by atoms with van der Waals surface area (Å²) < 4.78 is 22.3. The lowest BCUT2D eigenvalue weighted by molar-refractivity contribution is -0.127. The van der Waals surface area contributed by atoms with Crippen molar-refractivity contribution in [2.24, 2.45) is 5.10 Å². The number of methoxy groups -OCH3 is 1. The Labute approximate surface area is 233 Å². The lowest BCUT2D eigenvalue weighted by atomic mass is 10.1. The zero-order valence-electron chi connectivity index (χ0n) is 22.5. The first-order valence-electron chi connectivity index (χ1n) is 12.6. The zero-order valence-corrected chi connectivity index (χ0v) is 22.5. The number of nitrogens with zero attached hydrogens (tertiary/aromatic N) is 1. The number of hydrogen-bond acceptors (Lipinski definition) is 7. The molecule has 0 bridgehead atoms. The van der Waals surface area contributed by atoms with Crippen LogP contribution in [0.15, 0.2) is 102 Å². The van der Waals surface area contributed by atoms with Crippen LogP contribution in [0.1, 0.15) is 34.0 Å². The third-order valence-corrected chi connectivity index (χ3v) is 5.82. The van der Waals surface area contributed by atoms with E-state index in [2.05, 4.69) is 10.5 Å². The maximum absolute atomic E-state index is 12.5. The van der Waals surface area contributed by atoms with Gasteiger partial charge in [-0.15, -0.1) is 0 Å². The molecule has 8 heteroatoms. The van der Waals surface area contributed by atoms with Crippen molar-refractivity contribution in [2.45, 2.75) is 26.6 Å². The molecule has 0 saturated carbocycles. The second-order valence-corrected chi connectivity index (χ2v) is 8.91. The summed E-state index contributed by atoms with van der Waals surface area (Å²) in [6, 6.07) is 29.0. The van der Waals surface area contributed by atoms with E-state index in [4.69, 9.17) is 18.9 Å². The minimum atomic E-state index is -0.786. The van der Waals surface area contributed by atoms with Crippen LogP contribution in [0.25, 0.3) is 0 Å². The van der Waals surface area contributed by atoms with Gasteiger partial charge in [-0.2, -0.15) is 5.10 Å². The number of hydrogen-bond donors (Lipinski definition) is 1. The van der Waals surface area contributed by atoms with Gasteiger partial charge < -0.3 is 18.9 Å². The monoisotopic (exact) mass is 538 g/mol. The van der Waals surface area contributed by atoms with Crippen LogP contribution < -0.4 is 24.4 Å². The van der Waals surface area contributed by atoms with E-state index in [-0.39, 0.29) is 5.75 Å². The van der Waals surface area contributed by atoms with Gasteiger partial charge in [0.15, 0.2) is 17.6 Å². The van der Waals surface area contributed by atoms with Gasteiger partial charge in [0.25, 0.3) is 5.91 Å². The summed E-state index contributed by atoms with van der Waals surface area (Å²) in [6.45, 7) is 4.03. The van der Waals surface area contributed by atoms with Crippen LogP contribution in [0.5, 0.6) is 23.0 Å². The number of nitrogens with one attached hydrogen (secondary N) is 1. The molecular formula is C32H30N2O6. The molecule has 1 amide bonds. The van der Waals surface area contributed by atoms with Gasteiger partial charge in [-0.1, -0.05) is 48.0 Å². The number of aryl methyl sites for hydroxylation is 1. The van der Waals surface area contributed by atoms with E-state index in [1.54, 1.807) is 61.5 Å². The lowest BCUT2D eigenvalue weighted by Crippen LogP contribution is -2.33. The molecule has 8 nitrogen and oxygen atoms in total. The van der Waals surface area contributed by atoms with E-state index < -0.39 is 18.0 Å². The SMILES string of the molecule is COc1cc(/C=N\NC(=O)[C@@H](C)Oc2ccc(OCc3ccccc3)cc2)ccc1OC(=O)c1ccc(C)cc1. The Morgan fingerprint density at radius 3 is 2.27 bits per heavy atom. The number of carbonyl (C=O) groups is 2. The predicted molar refractivity (Wildman–Crippen MR) is 152 cm³/mol. The molecule has 1 N–H and O–H groups in total. The molecule has 0 aliphatic rings. The Morgan fingerprint density at radius 1 is 0.875 bits per heavy atom. The molecule has 0 saturated heterocycles. The summed E-state index contributed by atoms with van der Waals surface area (Å²) in [7, 11) is 1.47. The Hall–Kier alpha value is -5.11. The Kier molecular flexibility index (Phi) is 9.50. The van der Waals surface area contributed by atoms with Gasteiger partial charge in [-0.05, 0) is 79.6 Å². The Balaban J connectivity index is 1.27. The quantitative estimate of drug-likeness (QED) is 0.114. The molecular weight excluding hydrogens is 508 g/mol. The number of hydrazone groups is 1. The van der Waals surface area contributed by atoms with Crippen molar-refractivity contribution in [2.75, 3.05) is 7.11 Å². The van der Waals surface area contributed by atoms with Crippen LogP contribution in [0.3, 0.4) is 0 Å². The van der Waals surface area contributed by atoms with Gasteiger partial charge in [-0.25, -0.2) is 10.2 Å². The highest BCUT2D eigenvalue weighted by atomic mass is 16.6. The molecule has 0 unspecified atom stereocenters. The second-order valence-electron chi connectivity index (χ2n) is 8.91. The van der Waals surface area contributed by atoms with E-state index in [0.29, 0.717) is 35.0 Å². The maximum atomic E-state index is 12.5. The molecule has 0 spiro atoms. The third-order valence-electron chi connectivity index (χ3n) is 5.82. The Morgan fingerprint density at radius 2 is 1.57 bits per heavy atom. The van der Waals surface area contributed by atoms with Gasteiger partial charge in [0, 0.05) is 0 Å². The number of ether oxygens (including phenoxy) is 4. The number of carbonyl (C=O) groups excluding carboxylic acids is 2. The van der Waals surface area contributed by atoms with E-state index >= 15 is 0 Å². The van der Waals surface area contributed by atoms with Crippen molar-refractivity contribution in [1.29, 1.82) is 0 Å². The summed E-state index contributed by atoms with van der Waals surface area (Å²) in [5, 5.41) is 4.01. The third kappa shape index (κ3) is 7.94. The number of amides is 1. The fourth-order valence-electron chi connectivity index (χ4n) is 3.57. The first-order chi connectivity index (χ1) is 19.4. The van der Waals surface area contributed by atoms with Crippen LogP contribution in [0, 0.1) is 6.92 Å². The molecule has 40 heavy (non-hydrogen) atoms. The van der Waals surface area contributed by atoms with Crippen molar-refractivity contribution >= 4 is 18.1 Å². The van der Waals surface area contributed by atoms with Crippen LogP contribution in [0.4, 0.5) is 0 Å². The van der Waals surface area contributed by atoms with E-state index in [1.807, 2.05) is 49.4 Å². The second kappa shape index (κ2) is 13.6. The van der Waals surface area contributed by atoms with Crippen LogP contribution >= 0.6 is 0 Å². The van der Waals surface area contributed by atoms with Gasteiger partial charge in [0.05, 0.1) is 18.9 Å². The summed E-state index contributed by atoms with van der Waals surface area (Å²) in [5.74, 6) is 0.937. The van der Waals surface area contributed by atoms with Gasteiger partial charge in [0.2, 0.25) is 0 Å². The molecule has 0 aromatic heterocycles. The summed E-state index contributed by atoms with van der Waals surface area (Å²) in [4.78, 5) is 24.9. The fourth-order valence-corrected chi connectivity index (χ4v) is 3.57. The molecule has 0 fully saturated rings. The largest absolute Gasteiger partial charge is 0.493 e. The van der Waals surface area contributed by atoms with E-state index in [0.717, 1.165) is 11.1 Å². The standard InChI is InChI=1S/C32H30N2O6/c1-22-9-12-26(13-10-22)32(36)40-29-18-11-25(19-30(29)37-3)20-33-34-31(35)23(2)39-28-16-14-27(15-17-28)38-21-24-7-5-4-6-8-24/h4-20,23H,21H2,1-3H3,(H,34,35)/b33-20-/t23-/m1/s1. The molecule has 1 atom stereocenters. The number of benzene rings is 4. The molecule has 0 aliphatic heterocycles. The van der Waals surface area contributed by atoms with Crippen LogP contribution in [0.2, 0.25) is 0 Å². The van der Waals surface area contributed by atoms with Gasteiger partial charge in [-0.3, -0.25) is 4.79 Å². The predicted octanol–water partition coefficient (Wildman–Crippen LogP) is 5.72. The first-order valence-corrected chi connectivity index (χ1v) is 12.6. The molecule has 0 aliphatic carbocycles. The summed E-state index contributed by atoms with van der Waals surface area (Å²) in [5.41, 5.74) is 5.65. The summed E-state index contributed by atoms with van der Waals surface area (Å²) >= 11 is 0. The van der Waals surface area contributed by atoms with Gasteiger partial charge >= 0.3 is 5.97 Å². The minimum absolute atomic E-state index is 0.271. The average Bonchev–Trinajstić information content (AvgIpc) is 2.98. The van der Waals surface area contributed by atoms with E-state index in [1.165, 1.54) is 13.3 Å². The first kappa shape index (κ1) is 27.9. The maximum Gasteiger partial charge on any atom is 0.343 e. The lowest BCUT2D eigenvalue weighted by Gasteiger charge is -2.13. The minimum Gasteiger partial charge on any atom is -0.493 e. The van der Waals surface area contributed by atoms with Gasteiger partial charge in [0.1, 0.15) is 18.1 Å². The van der Waals surface area contributed by atoms with Crippen molar-refractivity contribution < 1.29 is 28.5 Å². The fraction of sp³-hybridized carbons (Fsp3) is 0.156. The van der Waals surface area contributed by atoms with Crippen molar-refractivity contribution in [3.63, 3.8) is 0 Å². The number of rotatable bonds is 11. The average molecular weight is 539 g/mol. The summed E-state index contributed by atoms with van der Waals surface area (Å²) in [6.07, 6.45) is 0.670. The molecule has 0 radical (unpaired) electrons. The van der Waals surface area contributed by atoms with Crippen molar-refractivity contribution in [1.82, 2.24) is 5.43 Å². The number of esters is 1. The van der Waals surface area contributed by atoms with Crippen LogP contribution in [-0.4, -0.2) is 31.3 Å². The topological polar surface area (TPSA) is 95.5 Å². The molecule has 4 aromatic carbocycles. The van der Waals surface area contributed by atoms with Crippen LogP contribution in [-0.2, 0) is 11.4 Å². The molecule has 0 heterocycles. The normalized spacial score (nSPS) is 11.5. The highest BCUT2D eigenvalue weighted by Gasteiger charge is 2.15. The van der Waals surface area contributed by atoms with Crippen molar-refractivity contribution in [3.8, 4) is 23.0 Å². The molecule has 4 rings (SSSR count). The van der Waals surface area contributed by atoms with E-state index in [9.17, 15) is 9.59 Å². The molecule has 4 aromatic rings. The van der Waals surface area contributed by atoms with Crippen molar-refractivity contribution in [3.05, 3.63) is 119 Å². The highest BCUT2D eigenvalue weighted by Crippen LogP contribution is 2.28. The smallest absolute Gasteiger partial charge is 0.343 e. The Bertz CT molecular complexity index is 1450.